The zero-order valence-electron chi connectivity index (χ0n) is 14.0. The summed E-state index contributed by atoms with van der Waals surface area (Å²) in [5, 5.41) is 6.56. The van der Waals surface area contributed by atoms with Gasteiger partial charge in [-0.2, -0.15) is 0 Å². The molecule has 1 aromatic rings. The van der Waals surface area contributed by atoms with E-state index >= 15 is 0 Å². The van der Waals surface area contributed by atoms with Crippen molar-refractivity contribution in [1.29, 1.82) is 0 Å². The minimum atomic E-state index is 0.238. The molecule has 2 N–H and O–H groups in total. The number of nitrogens with zero attached hydrogens (tertiary/aromatic N) is 1. The standard InChI is InChI=1S/C17H27N3O2/c1-5-7-19-17(18-6-2)20-11-14-10-16-13(8-12(3)22-16)9-15(14)21-4/h9-10,12H,5-8,11H2,1-4H3,(H2,18,19,20). The Kier molecular flexibility index (Phi) is 5.92. The number of aliphatic imine (C=N–C) groups is 1. The Labute approximate surface area is 133 Å². The number of hydrogen-bond donors (Lipinski definition) is 2. The third-order valence-corrected chi connectivity index (χ3v) is 3.59. The van der Waals surface area contributed by atoms with Crippen LogP contribution in [0, 0.1) is 0 Å². The molecule has 5 nitrogen and oxygen atoms in total. The summed E-state index contributed by atoms with van der Waals surface area (Å²) in [5.74, 6) is 2.68. The molecule has 0 saturated heterocycles. The molecule has 22 heavy (non-hydrogen) atoms. The lowest BCUT2D eigenvalue weighted by Gasteiger charge is -2.12. The fourth-order valence-corrected chi connectivity index (χ4v) is 2.54. The Balaban J connectivity index is 2.15. The quantitative estimate of drug-likeness (QED) is 0.626. The number of fused-ring (bicyclic) bond motifs is 1. The van der Waals surface area contributed by atoms with Crippen molar-refractivity contribution in [3.05, 3.63) is 23.3 Å². The largest absolute Gasteiger partial charge is 0.496 e. The van der Waals surface area contributed by atoms with Crippen molar-refractivity contribution >= 4 is 5.96 Å². The second-order valence-electron chi connectivity index (χ2n) is 5.53. The van der Waals surface area contributed by atoms with E-state index in [0.29, 0.717) is 6.54 Å². The molecular weight excluding hydrogens is 278 g/mol. The summed E-state index contributed by atoms with van der Waals surface area (Å²) in [6.45, 7) is 8.60. The molecule has 0 spiro atoms. The van der Waals surface area contributed by atoms with Crippen LogP contribution in [0.5, 0.6) is 11.5 Å². The zero-order chi connectivity index (χ0) is 15.9. The Bertz CT molecular complexity index is 529. The smallest absolute Gasteiger partial charge is 0.191 e. The van der Waals surface area contributed by atoms with Crippen molar-refractivity contribution in [2.45, 2.75) is 46.3 Å². The van der Waals surface area contributed by atoms with E-state index < -0.39 is 0 Å². The summed E-state index contributed by atoms with van der Waals surface area (Å²) >= 11 is 0. The first-order valence-electron chi connectivity index (χ1n) is 8.06. The molecule has 0 amide bonds. The highest BCUT2D eigenvalue weighted by Crippen LogP contribution is 2.35. The van der Waals surface area contributed by atoms with Gasteiger partial charge in [0.2, 0.25) is 0 Å². The van der Waals surface area contributed by atoms with Gasteiger partial charge in [0.15, 0.2) is 5.96 Å². The molecule has 0 saturated carbocycles. The van der Waals surface area contributed by atoms with Crippen LogP contribution in [0.15, 0.2) is 17.1 Å². The van der Waals surface area contributed by atoms with Crippen LogP contribution < -0.4 is 20.1 Å². The molecule has 1 aliphatic rings. The van der Waals surface area contributed by atoms with E-state index in [4.69, 9.17) is 9.47 Å². The van der Waals surface area contributed by atoms with Crippen LogP contribution in [0.2, 0.25) is 0 Å². The summed E-state index contributed by atoms with van der Waals surface area (Å²) < 4.78 is 11.3. The first-order chi connectivity index (χ1) is 10.7. The van der Waals surface area contributed by atoms with Gasteiger partial charge in [0.05, 0.1) is 13.7 Å². The zero-order valence-corrected chi connectivity index (χ0v) is 14.0. The third-order valence-electron chi connectivity index (χ3n) is 3.59. The minimum absolute atomic E-state index is 0.238. The lowest BCUT2D eigenvalue weighted by molar-refractivity contribution is 0.254. The van der Waals surface area contributed by atoms with Crippen LogP contribution in [-0.4, -0.2) is 32.3 Å². The molecule has 1 heterocycles. The molecule has 1 atom stereocenters. The van der Waals surface area contributed by atoms with Gasteiger partial charge in [0.1, 0.15) is 17.6 Å². The average molecular weight is 305 g/mol. The summed E-state index contributed by atoms with van der Waals surface area (Å²) in [7, 11) is 1.70. The van der Waals surface area contributed by atoms with Crippen LogP contribution >= 0.6 is 0 Å². The second kappa shape index (κ2) is 7.92. The van der Waals surface area contributed by atoms with Gasteiger partial charge in [-0.3, -0.25) is 0 Å². The molecule has 0 fully saturated rings. The van der Waals surface area contributed by atoms with Gasteiger partial charge >= 0.3 is 0 Å². The number of guanidine groups is 1. The maximum atomic E-state index is 5.83. The number of nitrogens with one attached hydrogen (secondary N) is 2. The van der Waals surface area contributed by atoms with E-state index in [1.54, 1.807) is 7.11 Å². The predicted octanol–water partition coefficient (Wildman–Crippen LogP) is 2.48. The van der Waals surface area contributed by atoms with Crippen molar-refractivity contribution in [3.63, 3.8) is 0 Å². The maximum Gasteiger partial charge on any atom is 0.191 e. The lowest BCUT2D eigenvalue weighted by atomic mass is 10.1. The van der Waals surface area contributed by atoms with Gasteiger partial charge in [-0.15, -0.1) is 0 Å². The van der Waals surface area contributed by atoms with Gasteiger partial charge < -0.3 is 20.1 Å². The Morgan fingerprint density at radius 1 is 1.36 bits per heavy atom. The highest BCUT2D eigenvalue weighted by molar-refractivity contribution is 5.79. The van der Waals surface area contributed by atoms with E-state index in [-0.39, 0.29) is 6.10 Å². The normalized spacial score (nSPS) is 16.9. The minimum Gasteiger partial charge on any atom is -0.496 e. The van der Waals surface area contributed by atoms with Crippen LogP contribution in [0.1, 0.15) is 38.3 Å². The van der Waals surface area contributed by atoms with Gasteiger partial charge in [-0.05, 0) is 32.4 Å². The summed E-state index contributed by atoms with van der Waals surface area (Å²) in [6, 6.07) is 4.14. The summed E-state index contributed by atoms with van der Waals surface area (Å²) in [5.41, 5.74) is 2.26. The van der Waals surface area contributed by atoms with Gasteiger partial charge in [-0.25, -0.2) is 4.99 Å². The van der Waals surface area contributed by atoms with Crippen molar-refractivity contribution in [1.82, 2.24) is 10.6 Å². The monoisotopic (exact) mass is 305 g/mol. The topological polar surface area (TPSA) is 54.9 Å². The van der Waals surface area contributed by atoms with E-state index in [2.05, 4.69) is 48.5 Å². The summed E-state index contributed by atoms with van der Waals surface area (Å²) in [6.07, 6.45) is 2.25. The molecule has 2 rings (SSSR count). The number of methoxy groups -OCH3 is 1. The van der Waals surface area contributed by atoms with Crippen molar-refractivity contribution in [3.8, 4) is 11.5 Å². The fraction of sp³-hybridized carbons (Fsp3) is 0.588. The molecular formula is C17H27N3O2. The summed E-state index contributed by atoms with van der Waals surface area (Å²) in [4.78, 5) is 4.63. The van der Waals surface area contributed by atoms with Gasteiger partial charge in [-0.1, -0.05) is 6.92 Å². The fourth-order valence-electron chi connectivity index (χ4n) is 2.54. The van der Waals surface area contributed by atoms with Crippen LogP contribution in [-0.2, 0) is 13.0 Å². The Morgan fingerprint density at radius 3 is 2.86 bits per heavy atom. The van der Waals surface area contributed by atoms with Gasteiger partial charge in [0.25, 0.3) is 0 Å². The van der Waals surface area contributed by atoms with Crippen molar-refractivity contribution in [2.24, 2.45) is 4.99 Å². The molecule has 0 bridgehead atoms. The maximum absolute atomic E-state index is 5.83. The predicted molar refractivity (Wildman–Crippen MR) is 89.9 cm³/mol. The molecule has 1 aromatic carbocycles. The highest BCUT2D eigenvalue weighted by atomic mass is 16.5. The number of hydrogen-bond acceptors (Lipinski definition) is 3. The van der Waals surface area contributed by atoms with Crippen LogP contribution in [0.4, 0.5) is 0 Å². The molecule has 1 unspecified atom stereocenters. The van der Waals surface area contributed by atoms with Crippen molar-refractivity contribution in [2.75, 3.05) is 20.2 Å². The lowest BCUT2D eigenvalue weighted by Crippen LogP contribution is -2.37. The first kappa shape index (κ1) is 16.5. The van der Waals surface area contributed by atoms with Gasteiger partial charge in [0, 0.05) is 30.6 Å². The number of benzene rings is 1. The third kappa shape index (κ3) is 4.06. The van der Waals surface area contributed by atoms with E-state index in [1.807, 2.05) is 0 Å². The number of ether oxygens (including phenoxy) is 2. The number of rotatable bonds is 6. The SMILES string of the molecule is CCCNC(=NCc1cc2c(cc1OC)CC(C)O2)NCC. The van der Waals surface area contributed by atoms with E-state index in [1.165, 1.54) is 5.56 Å². The molecule has 0 radical (unpaired) electrons. The molecule has 1 aliphatic heterocycles. The van der Waals surface area contributed by atoms with E-state index in [9.17, 15) is 0 Å². The van der Waals surface area contributed by atoms with Crippen LogP contribution in [0.3, 0.4) is 0 Å². The molecule has 5 heteroatoms. The highest BCUT2D eigenvalue weighted by Gasteiger charge is 2.21. The average Bonchev–Trinajstić information content (AvgIpc) is 2.87. The first-order valence-corrected chi connectivity index (χ1v) is 8.06. The van der Waals surface area contributed by atoms with E-state index in [0.717, 1.165) is 49.0 Å². The Hall–Kier alpha value is -1.91. The molecule has 0 aliphatic carbocycles. The molecule has 0 aromatic heterocycles. The second-order valence-corrected chi connectivity index (χ2v) is 5.53. The van der Waals surface area contributed by atoms with Crippen molar-refractivity contribution < 1.29 is 9.47 Å². The molecule has 122 valence electrons. The van der Waals surface area contributed by atoms with Crippen LogP contribution in [0.25, 0.3) is 0 Å². The Morgan fingerprint density at radius 2 is 2.18 bits per heavy atom.